The summed E-state index contributed by atoms with van der Waals surface area (Å²) in [6.45, 7) is 6.06. The van der Waals surface area contributed by atoms with E-state index < -0.39 is 17.2 Å². The molecule has 0 atom stereocenters. The van der Waals surface area contributed by atoms with Gasteiger partial charge in [0.2, 0.25) is 0 Å². The van der Waals surface area contributed by atoms with Crippen LogP contribution in [0.5, 0.6) is 5.75 Å². The van der Waals surface area contributed by atoms with E-state index in [0.29, 0.717) is 11.3 Å². The first kappa shape index (κ1) is 27.8. The lowest BCUT2D eigenvalue weighted by Gasteiger charge is -2.21. The van der Waals surface area contributed by atoms with Gasteiger partial charge < -0.3 is 9.47 Å². The van der Waals surface area contributed by atoms with Crippen LogP contribution >= 0.6 is 0 Å². The highest BCUT2D eigenvalue weighted by molar-refractivity contribution is 5.87. The van der Waals surface area contributed by atoms with Gasteiger partial charge in [0.25, 0.3) is 0 Å². The lowest BCUT2D eigenvalue weighted by Crippen LogP contribution is -2.25. The molecule has 0 bridgehead atoms. The second kappa shape index (κ2) is 12.0. The Hall–Kier alpha value is -2.76. The first-order valence-corrected chi connectivity index (χ1v) is 12.8. The second-order valence-electron chi connectivity index (χ2n) is 10.2. The Morgan fingerprint density at radius 3 is 2.39 bits per heavy atom. The number of benzene rings is 2. The summed E-state index contributed by atoms with van der Waals surface area (Å²) in [6.07, 6.45) is 3.05. The topological polar surface area (TPSA) is 35.5 Å². The van der Waals surface area contributed by atoms with Gasteiger partial charge in [-0.15, -0.1) is 0 Å². The van der Waals surface area contributed by atoms with Gasteiger partial charge in [-0.25, -0.2) is 0 Å². The van der Waals surface area contributed by atoms with Crippen molar-refractivity contribution in [2.45, 2.75) is 84.9 Å². The molecule has 36 heavy (non-hydrogen) atoms. The summed E-state index contributed by atoms with van der Waals surface area (Å²) >= 11 is 0. The molecule has 6 heteroatoms. The maximum absolute atomic E-state index is 13.4. The molecule has 0 aromatic heterocycles. The molecule has 0 saturated carbocycles. The van der Waals surface area contributed by atoms with Gasteiger partial charge in [0.15, 0.2) is 0 Å². The Labute approximate surface area is 212 Å². The van der Waals surface area contributed by atoms with E-state index in [1.165, 1.54) is 24.8 Å². The molecule has 0 amide bonds. The summed E-state index contributed by atoms with van der Waals surface area (Å²) in [5.74, 6) is 0.523. The summed E-state index contributed by atoms with van der Waals surface area (Å²) in [5.41, 5.74) is 3.48. The fourth-order valence-electron chi connectivity index (χ4n) is 4.93. The number of unbranched alkanes of at least 4 members (excludes halogenated alkanes) is 3. The smallest absolute Gasteiger partial charge is 0.416 e. The van der Waals surface area contributed by atoms with Crippen molar-refractivity contribution in [1.29, 1.82) is 0 Å². The largest absolute Gasteiger partial charge is 0.488 e. The molecule has 196 valence electrons. The standard InChI is InChI=1S/C30H37F3O3/c1-5-12-21(13-8-6-7-11-18-29(2,3)28(34)35-4)27-24-17-16-23(30(31,32)33)19-22(24)20-36-26-15-10-9-14-25(26)27/h9-10,14-17,19H,5-8,11-13,18,20H2,1-4H3/b27-21-. The number of carbonyl (C=O) groups excluding carboxylic acids is 1. The third-order valence-corrected chi connectivity index (χ3v) is 6.92. The van der Waals surface area contributed by atoms with Crippen LogP contribution < -0.4 is 4.74 Å². The quantitative estimate of drug-likeness (QED) is 0.241. The van der Waals surface area contributed by atoms with Crippen LogP contribution in [0.2, 0.25) is 0 Å². The van der Waals surface area contributed by atoms with E-state index in [2.05, 4.69) is 6.92 Å². The van der Waals surface area contributed by atoms with Crippen LogP contribution in [-0.4, -0.2) is 13.1 Å². The van der Waals surface area contributed by atoms with Crippen LogP contribution in [0, 0.1) is 5.41 Å². The first-order chi connectivity index (χ1) is 17.1. The van der Waals surface area contributed by atoms with Gasteiger partial charge in [-0.05, 0) is 74.4 Å². The van der Waals surface area contributed by atoms with Crippen molar-refractivity contribution in [3.8, 4) is 5.75 Å². The predicted molar refractivity (Wildman–Crippen MR) is 137 cm³/mol. The number of carbonyl (C=O) groups is 1. The van der Waals surface area contributed by atoms with Crippen LogP contribution in [0.1, 0.15) is 94.4 Å². The minimum Gasteiger partial charge on any atom is -0.488 e. The molecule has 0 radical (unpaired) electrons. The highest BCUT2D eigenvalue weighted by Crippen LogP contribution is 2.42. The summed E-state index contributed by atoms with van der Waals surface area (Å²) in [5, 5.41) is 0. The van der Waals surface area contributed by atoms with Crippen LogP contribution in [0.25, 0.3) is 5.57 Å². The molecule has 2 aromatic rings. The van der Waals surface area contributed by atoms with Crippen LogP contribution in [0.3, 0.4) is 0 Å². The minimum absolute atomic E-state index is 0.106. The SMILES string of the molecule is CCC/C(CCCCCCC(C)(C)C(=O)OC)=C1\c2ccc(C(F)(F)F)cc2COc2ccccc21. The highest BCUT2D eigenvalue weighted by atomic mass is 19.4. The number of hydrogen-bond donors (Lipinski definition) is 0. The lowest BCUT2D eigenvalue weighted by molar-refractivity contribution is -0.151. The number of para-hydroxylation sites is 1. The van der Waals surface area contributed by atoms with Crippen LogP contribution in [0.4, 0.5) is 13.2 Å². The van der Waals surface area contributed by atoms with E-state index in [1.54, 1.807) is 6.07 Å². The van der Waals surface area contributed by atoms with E-state index in [0.717, 1.165) is 68.1 Å². The maximum atomic E-state index is 13.4. The molecule has 1 aliphatic heterocycles. The van der Waals surface area contributed by atoms with Crippen LogP contribution in [0.15, 0.2) is 48.0 Å². The van der Waals surface area contributed by atoms with E-state index in [-0.39, 0.29) is 12.6 Å². The predicted octanol–water partition coefficient (Wildman–Crippen LogP) is 8.74. The molecule has 1 aliphatic rings. The third kappa shape index (κ3) is 6.71. The second-order valence-corrected chi connectivity index (χ2v) is 10.2. The van der Waals surface area contributed by atoms with Gasteiger partial charge in [0.05, 0.1) is 18.1 Å². The molecule has 0 spiro atoms. The average molecular weight is 503 g/mol. The fourth-order valence-corrected chi connectivity index (χ4v) is 4.93. The monoisotopic (exact) mass is 502 g/mol. The van der Waals surface area contributed by atoms with Crippen molar-refractivity contribution < 1.29 is 27.4 Å². The van der Waals surface area contributed by atoms with E-state index in [1.807, 2.05) is 38.1 Å². The lowest BCUT2D eigenvalue weighted by atomic mass is 9.85. The Kier molecular flexibility index (Phi) is 9.26. The van der Waals surface area contributed by atoms with Crippen LogP contribution in [-0.2, 0) is 22.3 Å². The van der Waals surface area contributed by atoms with Gasteiger partial charge in [0.1, 0.15) is 12.4 Å². The van der Waals surface area contributed by atoms with Crippen molar-refractivity contribution in [2.75, 3.05) is 7.11 Å². The van der Waals surface area contributed by atoms with Gasteiger partial charge in [0, 0.05) is 5.56 Å². The van der Waals surface area contributed by atoms with Crippen molar-refractivity contribution in [3.05, 3.63) is 70.3 Å². The summed E-state index contributed by atoms with van der Waals surface area (Å²) in [7, 11) is 1.42. The number of methoxy groups -OCH3 is 1. The van der Waals surface area contributed by atoms with Gasteiger partial charge >= 0.3 is 12.1 Å². The zero-order valence-corrected chi connectivity index (χ0v) is 21.8. The number of alkyl halides is 3. The minimum atomic E-state index is -4.40. The Balaban J connectivity index is 1.85. The number of hydrogen-bond acceptors (Lipinski definition) is 3. The van der Waals surface area contributed by atoms with Crippen molar-refractivity contribution >= 4 is 11.5 Å². The molecular formula is C30H37F3O3. The normalized spacial score (nSPS) is 14.9. The zero-order valence-electron chi connectivity index (χ0n) is 21.8. The number of fused-ring (bicyclic) bond motifs is 2. The molecule has 2 aromatic carbocycles. The van der Waals surface area contributed by atoms with Crippen molar-refractivity contribution in [1.82, 2.24) is 0 Å². The first-order valence-electron chi connectivity index (χ1n) is 12.8. The summed E-state index contributed by atoms with van der Waals surface area (Å²) < 4.78 is 51.2. The number of rotatable bonds is 10. The van der Waals surface area contributed by atoms with Gasteiger partial charge in [-0.1, -0.05) is 62.4 Å². The van der Waals surface area contributed by atoms with Gasteiger partial charge in [-0.3, -0.25) is 4.79 Å². The number of halogens is 3. The molecule has 0 fully saturated rings. The molecule has 3 rings (SSSR count). The Morgan fingerprint density at radius 2 is 1.69 bits per heavy atom. The number of esters is 1. The van der Waals surface area contributed by atoms with E-state index in [4.69, 9.17) is 9.47 Å². The molecule has 0 unspecified atom stereocenters. The molecule has 0 N–H and O–H groups in total. The number of allylic oxidation sites excluding steroid dienone is 1. The molecule has 1 heterocycles. The van der Waals surface area contributed by atoms with Crippen molar-refractivity contribution in [2.24, 2.45) is 5.41 Å². The number of ether oxygens (including phenoxy) is 2. The highest BCUT2D eigenvalue weighted by Gasteiger charge is 2.32. The van der Waals surface area contributed by atoms with E-state index >= 15 is 0 Å². The van der Waals surface area contributed by atoms with E-state index in [9.17, 15) is 18.0 Å². The zero-order chi connectivity index (χ0) is 26.3. The average Bonchev–Trinajstić information content (AvgIpc) is 3.00. The molecular weight excluding hydrogens is 465 g/mol. The summed E-state index contributed by atoms with van der Waals surface area (Å²) in [4.78, 5) is 11.9. The Bertz CT molecular complexity index is 1080. The van der Waals surface area contributed by atoms with Gasteiger partial charge in [-0.2, -0.15) is 13.2 Å². The molecule has 3 nitrogen and oxygen atoms in total. The fraction of sp³-hybridized carbons (Fsp3) is 0.500. The third-order valence-electron chi connectivity index (χ3n) is 6.92. The Morgan fingerprint density at radius 1 is 0.972 bits per heavy atom. The van der Waals surface area contributed by atoms with Crippen molar-refractivity contribution in [3.63, 3.8) is 0 Å². The maximum Gasteiger partial charge on any atom is 0.416 e. The molecule has 0 saturated heterocycles. The molecule has 0 aliphatic carbocycles. The summed E-state index contributed by atoms with van der Waals surface area (Å²) in [6, 6.07) is 11.8.